The van der Waals surface area contributed by atoms with Gasteiger partial charge in [-0.1, -0.05) is 19.8 Å². The number of aliphatic hydroxyl groups is 1. The molecule has 0 aromatic carbocycles. The summed E-state index contributed by atoms with van der Waals surface area (Å²) in [7, 11) is -2.89. The smallest absolute Gasteiger partial charge is 0.230 e. The molecule has 2 rings (SSSR count). The van der Waals surface area contributed by atoms with Crippen molar-refractivity contribution in [1.29, 1.82) is 0 Å². The molecule has 0 spiro atoms. The fourth-order valence-electron chi connectivity index (χ4n) is 3.37. The summed E-state index contributed by atoms with van der Waals surface area (Å²) in [6, 6.07) is 0. The number of aliphatic hydroxyl groups excluding tert-OH is 1. The van der Waals surface area contributed by atoms with Crippen LogP contribution >= 0.6 is 11.8 Å². The fourth-order valence-corrected chi connectivity index (χ4v) is 6.82. The van der Waals surface area contributed by atoms with Crippen LogP contribution in [0.3, 0.4) is 0 Å². The van der Waals surface area contributed by atoms with E-state index in [4.69, 9.17) is 0 Å². The summed E-state index contributed by atoms with van der Waals surface area (Å²) in [6.07, 6.45) is 4.45. The van der Waals surface area contributed by atoms with Crippen molar-refractivity contribution in [2.75, 3.05) is 23.9 Å². The summed E-state index contributed by atoms with van der Waals surface area (Å²) in [6.45, 7) is 2.12. The van der Waals surface area contributed by atoms with Crippen molar-refractivity contribution in [3.63, 3.8) is 0 Å². The van der Waals surface area contributed by atoms with E-state index >= 15 is 0 Å². The van der Waals surface area contributed by atoms with Crippen LogP contribution in [0.25, 0.3) is 0 Å². The van der Waals surface area contributed by atoms with Crippen molar-refractivity contribution >= 4 is 27.5 Å². The van der Waals surface area contributed by atoms with Gasteiger partial charge >= 0.3 is 0 Å². The van der Waals surface area contributed by atoms with E-state index in [1.165, 1.54) is 11.8 Å². The van der Waals surface area contributed by atoms with E-state index in [0.717, 1.165) is 25.7 Å². The van der Waals surface area contributed by atoms with E-state index in [9.17, 15) is 18.3 Å². The Bertz CT molecular complexity index is 479. The molecule has 122 valence electrons. The van der Waals surface area contributed by atoms with Crippen LogP contribution < -0.4 is 5.32 Å². The standard InChI is InChI=1S/C14H25NO4S2/c1-11-3-2-5-14(7-11,10-16)15-13(17)8-20-12-4-6-21(18,19)9-12/h11-12,16H,2-10H2,1H3,(H,15,17). The van der Waals surface area contributed by atoms with Gasteiger partial charge in [0.05, 0.1) is 29.4 Å². The van der Waals surface area contributed by atoms with Crippen LogP contribution in [-0.4, -0.2) is 54.1 Å². The summed E-state index contributed by atoms with van der Waals surface area (Å²) < 4.78 is 22.8. The van der Waals surface area contributed by atoms with Crippen molar-refractivity contribution < 1.29 is 18.3 Å². The number of sulfone groups is 1. The molecule has 7 heteroatoms. The van der Waals surface area contributed by atoms with Crippen LogP contribution in [0, 0.1) is 5.92 Å². The van der Waals surface area contributed by atoms with Gasteiger partial charge in [0.1, 0.15) is 0 Å². The molecule has 0 radical (unpaired) electrons. The van der Waals surface area contributed by atoms with Crippen LogP contribution in [0.1, 0.15) is 39.0 Å². The minimum absolute atomic E-state index is 0.0223. The molecular weight excluding hydrogens is 310 g/mol. The van der Waals surface area contributed by atoms with E-state index in [1.54, 1.807) is 0 Å². The Morgan fingerprint density at radius 1 is 1.43 bits per heavy atom. The van der Waals surface area contributed by atoms with Crippen LogP contribution in [0.5, 0.6) is 0 Å². The normalized spacial score (nSPS) is 35.5. The van der Waals surface area contributed by atoms with Crippen molar-refractivity contribution in [3.8, 4) is 0 Å². The Balaban J connectivity index is 1.80. The number of nitrogens with one attached hydrogen (secondary N) is 1. The Morgan fingerprint density at radius 2 is 2.19 bits per heavy atom. The Kier molecular flexibility index (Phi) is 5.59. The van der Waals surface area contributed by atoms with E-state index in [-0.39, 0.29) is 35.0 Å². The first-order chi connectivity index (χ1) is 9.84. The summed E-state index contributed by atoms with van der Waals surface area (Å²) >= 11 is 1.42. The third-order valence-electron chi connectivity index (χ3n) is 4.44. The topological polar surface area (TPSA) is 83.5 Å². The second-order valence-corrected chi connectivity index (χ2v) is 10.0. The SMILES string of the molecule is CC1CCCC(CO)(NC(=O)CSC2CCS(=O)(=O)C2)C1. The monoisotopic (exact) mass is 335 g/mol. The van der Waals surface area contributed by atoms with Gasteiger partial charge < -0.3 is 10.4 Å². The molecule has 0 bridgehead atoms. The van der Waals surface area contributed by atoms with Gasteiger partial charge in [0.25, 0.3) is 0 Å². The number of hydrogen-bond acceptors (Lipinski definition) is 5. The van der Waals surface area contributed by atoms with Gasteiger partial charge in [-0.15, -0.1) is 11.8 Å². The quantitative estimate of drug-likeness (QED) is 0.782. The summed E-state index contributed by atoms with van der Waals surface area (Å²) in [5.41, 5.74) is -0.475. The second-order valence-electron chi connectivity index (χ2n) is 6.52. The first-order valence-electron chi connectivity index (χ1n) is 7.58. The third kappa shape index (κ3) is 4.86. The fraction of sp³-hybridized carbons (Fsp3) is 0.929. The molecule has 1 saturated heterocycles. The van der Waals surface area contributed by atoms with Crippen LogP contribution in [-0.2, 0) is 14.6 Å². The third-order valence-corrected chi connectivity index (χ3v) is 7.72. The Labute approximate surface area is 131 Å². The van der Waals surface area contributed by atoms with Gasteiger partial charge in [-0.2, -0.15) is 0 Å². The maximum absolute atomic E-state index is 12.1. The molecule has 2 N–H and O–H groups in total. The highest BCUT2D eigenvalue weighted by atomic mass is 32.2. The predicted molar refractivity (Wildman–Crippen MR) is 85.1 cm³/mol. The zero-order valence-electron chi connectivity index (χ0n) is 12.5. The molecule has 1 amide bonds. The van der Waals surface area contributed by atoms with E-state index in [2.05, 4.69) is 12.2 Å². The number of carbonyl (C=O) groups is 1. The van der Waals surface area contributed by atoms with Crippen molar-refractivity contribution in [1.82, 2.24) is 5.32 Å². The molecule has 1 saturated carbocycles. The number of carbonyl (C=O) groups excluding carboxylic acids is 1. The molecule has 2 aliphatic rings. The molecule has 1 aliphatic carbocycles. The maximum atomic E-state index is 12.1. The predicted octanol–water partition coefficient (Wildman–Crippen LogP) is 0.964. The van der Waals surface area contributed by atoms with E-state index in [1.807, 2.05) is 0 Å². The lowest BCUT2D eigenvalue weighted by atomic mass is 9.77. The van der Waals surface area contributed by atoms with Gasteiger partial charge in [-0.25, -0.2) is 8.42 Å². The first kappa shape index (κ1) is 17.1. The lowest BCUT2D eigenvalue weighted by molar-refractivity contribution is -0.121. The molecule has 2 fully saturated rings. The maximum Gasteiger partial charge on any atom is 0.230 e. The largest absolute Gasteiger partial charge is 0.394 e. The average molecular weight is 335 g/mol. The summed E-state index contributed by atoms with van der Waals surface area (Å²) in [5, 5.41) is 12.7. The highest BCUT2D eigenvalue weighted by Crippen LogP contribution is 2.32. The van der Waals surface area contributed by atoms with Crippen molar-refractivity contribution in [2.45, 2.75) is 49.8 Å². The number of hydrogen-bond donors (Lipinski definition) is 2. The molecule has 5 nitrogen and oxygen atoms in total. The van der Waals surface area contributed by atoms with Gasteiger partial charge in [0.15, 0.2) is 9.84 Å². The lowest BCUT2D eigenvalue weighted by Crippen LogP contribution is -2.54. The Morgan fingerprint density at radius 3 is 2.76 bits per heavy atom. The van der Waals surface area contributed by atoms with Gasteiger partial charge in [-0.3, -0.25) is 4.79 Å². The average Bonchev–Trinajstić information content (AvgIpc) is 2.76. The van der Waals surface area contributed by atoms with Crippen molar-refractivity contribution in [2.24, 2.45) is 5.92 Å². The van der Waals surface area contributed by atoms with Gasteiger partial charge in [0, 0.05) is 5.25 Å². The number of thioether (sulfide) groups is 1. The van der Waals surface area contributed by atoms with Gasteiger partial charge in [-0.05, 0) is 25.2 Å². The summed E-state index contributed by atoms with van der Waals surface area (Å²) in [4.78, 5) is 12.1. The van der Waals surface area contributed by atoms with Crippen LogP contribution in [0.2, 0.25) is 0 Å². The molecular formula is C14H25NO4S2. The molecule has 1 aliphatic heterocycles. The van der Waals surface area contributed by atoms with Gasteiger partial charge in [0.2, 0.25) is 5.91 Å². The first-order valence-corrected chi connectivity index (χ1v) is 10.5. The highest BCUT2D eigenvalue weighted by Gasteiger charge is 2.36. The zero-order chi connectivity index (χ0) is 15.5. The molecule has 1 heterocycles. The zero-order valence-corrected chi connectivity index (χ0v) is 14.1. The van der Waals surface area contributed by atoms with E-state index in [0.29, 0.717) is 12.3 Å². The Hall–Kier alpha value is -0.270. The van der Waals surface area contributed by atoms with E-state index < -0.39 is 15.4 Å². The van der Waals surface area contributed by atoms with Crippen LogP contribution in [0.15, 0.2) is 0 Å². The molecule has 3 unspecified atom stereocenters. The molecule has 3 atom stereocenters. The number of rotatable bonds is 5. The molecule has 21 heavy (non-hydrogen) atoms. The summed E-state index contributed by atoms with van der Waals surface area (Å²) in [5.74, 6) is 1.12. The molecule has 0 aromatic rings. The molecule has 0 aromatic heterocycles. The minimum Gasteiger partial charge on any atom is -0.394 e. The lowest BCUT2D eigenvalue weighted by Gasteiger charge is -2.39. The minimum atomic E-state index is -2.89. The van der Waals surface area contributed by atoms with Crippen molar-refractivity contribution in [3.05, 3.63) is 0 Å². The highest BCUT2D eigenvalue weighted by molar-refractivity contribution is 8.02. The van der Waals surface area contributed by atoms with Crippen LogP contribution in [0.4, 0.5) is 0 Å². The second kappa shape index (κ2) is 6.87. The number of amides is 1.